The fourth-order valence-electron chi connectivity index (χ4n) is 6.03. The third-order valence-electron chi connectivity index (χ3n) is 8.11. The van der Waals surface area contributed by atoms with Crippen LogP contribution >= 0.6 is 31.1 Å². The maximum Gasteiger partial charge on any atom is 0.490 e. The molecule has 0 amide bonds. The van der Waals surface area contributed by atoms with Crippen molar-refractivity contribution in [2.45, 2.75) is 43.4 Å². The summed E-state index contributed by atoms with van der Waals surface area (Å²) in [5, 5.41) is 1.24. The summed E-state index contributed by atoms with van der Waals surface area (Å²) in [6.07, 6.45) is -2.59. The van der Waals surface area contributed by atoms with Gasteiger partial charge in [0.25, 0.3) is 0 Å². The largest absolute Gasteiger partial charge is 0.490 e. The Hall–Kier alpha value is -3.25. The van der Waals surface area contributed by atoms with Gasteiger partial charge in [0.05, 0.1) is 19.1 Å². The van der Waals surface area contributed by atoms with Gasteiger partial charge in [-0.1, -0.05) is 72.8 Å². The second-order valence-electron chi connectivity index (χ2n) is 11.8. The van der Waals surface area contributed by atoms with Gasteiger partial charge >= 0.3 is 31.1 Å². The number of imidazole rings is 1. The summed E-state index contributed by atoms with van der Waals surface area (Å²) >= 11 is 0. The number of anilines is 1. The first-order valence-electron chi connectivity index (χ1n) is 15.6. The first kappa shape index (κ1) is 38.0. The van der Waals surface area contributed by atoms with E-state index in [1.54, 1.807) is 36.4 Å². The van der Waals surface area contributed by atoms with Crippen molar-refractivity contribution in [1.82, 2.24) is 19.5 Å². The second-order valence-corrected chi connectivity index (χ2v) is 18.5. The lowest BCUT2D eigenvalue weighted by Gasteiger charge is -2.22. The molecule has 0 saturated carbocycles. The third-order valence-corrected chi connectivity index (χ3v) is 14.5. The molecule has 9 atom stereocenters. The van der Waals surface area contributed by atoms with Crippen molar-refractivity contribution in [3.8, 4) is 0 Å². The van der Waals surface area contributed by atoms with Gasteiger partial charge in [-0.25, -0.2) is 33.0 Å². The van der Waals surface area contributed by atoms with Crippen LogP contribution in [0.25, 0.3) is 21.9 Å². The lowest BCUT2D eigenvalue weighted by Crippen LogP contribution is -2.31. The van der Waals surface area contributed by atoms with Gasteiger partial charge in [0.15, 0.2) is 24.0 Å². The summed E-state index contributed by atoms with van der Waals surface area (Å²) in [6, 6.07) is 20.8. The second kappa shape index (κ2) is 14.8. The molecule has 2 fully saturated rings. The normalized spacial score (nSPS) is 26.1. The Morgan fingerprint density at radius 2 is 1.43 bits per heavy atom. The first-order valence-corrected chi connectivity index (χ1v) is 21.8. The Bertz CT molecular complexity index is 2330. The van der Waals surface area contributed by atoms with Gasteiger partial charge in [0.2, 0.25) is 0 Å². The van der Waals surface area contributed by atoms with E-state index in [1.807, 2.05) is 30.3 Å². The molecule has 6 unspecified atom stereocenters. The van der Waals surface area contributed by atoms with E-state index < -0.39 is 74.7 Å². The van der Waals surface area contributed by atoms with Crippen LogP contribution in [0.4, 0.5) is 5.82 Å². The summed E-state index contributed by atoms with van der Waals surface area (Å²) < 4.78 is 88.4. The van der Waals surface area contributed by atoms with Crippen LogP contribution in [0.5, 0.6) is 0 Å². The van der Waals surface area contributed by atoms with Crippen LogP contribution in [-0.2, 0) is 62.5 Å². The molecule has 53 heavy (non-hydrogen) atoms. The summed E-state index contributed by atoms with van der Waals surface area (Å²) in [6.45, 7) is -0.805. The summed E-state index contributed by atoms with van der Waals surface area (Å²) in [5.41, 5.74) is 7.64. The maximum atomic E-state index is 12.9. The van der Waals surface area contributed by atoms with Crippen molar-refractivity contribution in [1.29, 1.82) is 0 Å². The molecule has 0 radical (unpaired) electrons. The van der Waals surface area contributed by atoms with E-state index in [9.17, 15) is 37.8 Å². The van der Waals surface area contributed by atoms with Crippen molar-refractivity contribution in [3.05, 3.63) is 96.6 Å². The molecule has 20 nitrogen and oxygen atoms in total. The number of rotatable bonds is 14. The molecule has 2 aliphatic heterocycles. The average Bonchev–Trinajstić information content (AvgIpc) is 3.77. The number of aromatic nitrogens is 4. The van der Waals surface area contributed by atoms with E-state index >= 15 is 0 Å². The fraction of sp³-hybridized carbons (Fsp3) is 0.276. The van der Waals surface area contributed by atoms with Gasteiger partial charge in [0.1, 0.15) is 30.2 Å². The number of benzene rings is 3. The number of nitrogens with zero attached hydrogens (tertiary/aromatic N) is 4. The molecular formula is C29H31N5O15P4. The standard InChI is InChI=1S/C29H31N5O15P4/c30-27-24-28(32-16-31-27)34(17-33-24)29-26-25(45-23(46-26)13-18-7-2-1-3-8-18)22(44-29)14-43-51(37,38)48-53(41,42)49-52(39,40)47-50(35,36)15-20-11-6-10-19-9-4-5-12-21(19)20/h1-12,16-17,22-23,25-26,29H,13-15H2,(H,35,36)(H,37,38)(H,39,40)(H,41,42)(H2,30,31,32)/t22-,23?,25?,26+,29-/m1/s1. The summed E-state index contributed by atoms with van der Waals surface area (Å²) in [7, 11) is -22.5. The quantitative estimate of drug-likeness (QED) is 0.0960. The average molecular weight is 813 g/mol. The van der Waals surface area contributed by atoms with E-state index in [2.05, 4.69) is 27.9 Å². The predicted octanol–water partition coefficient (Wildman–Crippen LogP) is 4.57. The van der Waals surface area contributed by atoms with Crippen molar-refractivity contribution < 1.29 is 69.5 Å². The molecule has 0 spiro atoms. The number of hydrogen-bond acceptors (Lipinski definition) is 15. The van der Waals surface area contributed by atoms with E-state index in [1.165, 1.54) is 23.3 Å². The molecule has 7 rings (SSSR count). The molecule has 0 aliphatic carbocycles. The topological polar surface area (TPSA) is 283 Å². The molecule has 0 bridgehead atoms. The Morgan fingerprint density at radius 1 is 0.755 bits per heavy atom. The molecule has 4 heterocycles. The van der Waals surface area contributed by atoms with E-state index in [0.29, 0.717) is 17.2 Å². The van der Waals surface area contributed by atoms with Crippen molar-refractivity contribution >= 4 is 58.8 Å². The summed E-state index contributed by atoms with van der Waals surface area (Å²) in [4.78, 5) is 53.3. The molecule has 2 aromatic heterocycles. The van der Waals surface area contributed by atoms with Crippen LogP contribution in [0.2, 0.25) is 0 Å². The first-order chi connectivity index (χ1) is 25.1. The summed E-state index contributed by atoms with van der Waals surface area (Å²) in [5.74, 6) is 0.104. The van der Waals surface area contributed by atoms with Gasteiger partial charge in [-0.2, -0.15) is 8.62 Å². The molecule has 3 aromatic carbocycles. The molecule has 2 aliphatic rings. The highest BCUT2D eigenvalue weighted by molar-refractivity contribution is 7.70. The van der Waals surface area contributed by atoms with Gasteiger partial charge < -0.3 is 39.5 Å². The lowest BCUT2D eigenvalue weighted by molar-refractivity contribution is -0.149. The van der Waals surface area contributed by atoms with Gasteiger partial charge in [-0.3, -0.25) is 13.7 Å². The van der Waals surface area contributed by atoms with Crippen LogP contribution in [0.1, 0.15) is 17.4 Å². The molecule has 282 valence electrons. The highest BCUT2D eigenvalue weighted by Gasteiger charge is 2.55. The van der Waals surface area contributed by atoms with Crippen LogP contribution in [0.15, 0.2) is 85.5 Å². The maximum absolute atomic E-state index is 12.9. The number of phosphoric ester groups is 1. The zero-order chi connectivity index (χ0) is 37.6. The third kappa shape index (κ3) is 8.85. The highest BCUT2D eigenvalue weighted by Crippen LogP contribution is 2.72. The van der Waals surface area contributed by atoms with Crippen molar-refractivity contribution in [3.63, 3.8) is 0 Å². The van der Waals surface area contributed by atoms with Crippen LogP contribution in [-0.4, -0.2) is 70.3 Å². The monoisotopic (exact) mass is 813 g/mol. The molecule has 6 N–H and O–H groups in total. The number of phosphoric acid groups is 3. The van der Waals surface area contributed by atoms with Gasteiger partial charge in [0, 0.05) is 6.42 Å². The Labute approximate surface area is 299 Å². The number of nitrogen functional groups attached to an aromatic ring is 1. The molecular weight excluding hydrogens is 782 g/mol. The molecule has 24 heteroatoms. The minimum Gasteiger partial charge on any atom is -0.382 e. The van der Waals surface area contributed by atoms with E-state index in [0.717, 1.165) is 5.56 Å². The fourth-order valence-corrected chi connectivity index (χ4v) is 11.6. The Morgan fingerprint density at radius 3 is 2.23 bits per heavy atom. The number of ether oxygens (including phenoxy) is 3. The number of hydrogen-bond donors (Lipinski definition) is 5. The van der Waals surface area contributed by atoms with Crippen LogP contribution in [0.3, 0.4) is 0 Å². The Balaban J connectivity index is 1.02. The number of nitrogens with two attached hydrogens (primary N) is 1. The van der Waals surface area contributed by atoms with Crippen LogP contribution < -0.4 is 5.73 Å². The van der Waals surface area contributed by atoms with Crippen LogP contribution in [0, 0.1) is 0 Å². The van der Waals surface area contributed by atoms with E-state index in [4.69, 9.17) is 24.5 Å². The minimum absolute atomic E-state index is 0.104. The Kier molecular flexibility index (Phi) is 10.6. The lowest BCUT2D eigenvalue weighted by atomic mass is 10.1. The van der Waals surface area contributed by atoms with Crippen molar-refractivity contribution in [2.75, 3.05) is 12.3 Å². The molecule has 5 aromatic rings. The smallest absolute Gasteiger partial charge is 0.382 e. The van der Waals surface area contributed by atoms with Gasteiger partial charge in [-0.15, -0.1) is 0 Å². The zero-order valence-electron chi connectivity index (χ0n) is 27.0. The van der Waals surface area contributed by atoms with Crippen molar-refractivity contribution in [2.24, 2.45) is 0 Å². The molecule has 2 saturated heterocycles. The highest BCUT2D eigenvalue weighted by atomic mass is 31.3. The zero-order valence-corrected chi connectivity index (χ0v) is 30.6. The minimum atomic E-state index is -6.00. The van der Waals surface area contributed by atoms with Gasteiger partial charge in [-0.05, 0) is 21.9 Å². The predicted molar refractivity (Wildman–Crippen MR) is 183 cm³/mol. The number of fused-ring (bicyclic) bond motifs is 3. The SMILES string of the molecule is Nc1ncnc2c1ncn2[C@@H]1O[C@H](COP(=O)(O)OP(=O)(O)OP(=O)(O)OP(=O)(O)Cc2cccc3ccccc23)C2OC(Cc3ccccc3)O[C@@H]21. The van der Waals surface area contributed by atoms with E-state index in [-0.39, 0.29) is 22.5 Å².